The lowest BCUT2D eigenvalue weighted by Crippen LogP contribution is -2.33. The van der Waals surface area contributed by atoms with Gasteiger partial charge in [-0.15, -0.1) is 0 Å². The third-order valence-electron chi connectivity index (χ3n) is 3.03. The summed E-state index contributed by atoms with van der Waals surface area (Å²) in [5, 5.41) is 4.01. The molecule has 0 bridgehead atoms. The summed E-state index contributed by atoms with van der Waals surface area (Å²) >= 11 is 6.15. The third kappa shape index (κ3) is 3.97. The molecule has 0 aliphatic carbocycles. The van der Waals surface area contributed by atoms with Crippen molar-refractivity contribution in [2.45, 2.75) is 45.6 Å². The first kappa shape index (κ1) is 14.5. The van der Waals surface area contributed by atoms with E-state index in [0.29, 0.717) is 11.1 Å². The van der Waals surface area contributed by atoms with Crippen LogP contribution in [0.5, 0.6) is 0 Å². The lowest BCUT2D eigenvalue weighted by Gasteiger charge is -2.30. The molecular formula is C14H21ClFN. The van der Waals surface area contributed by atoms with Gasteiger partial charge >= 0.3 is 0 Å². The van der Waals surface area contributed by atoms with Gasteiger partial charge in [-0.3, -0.25) is 0 Å². The zero-order chi connectivity index (χ0) is 13.1. The Hall–Kier alpha value is -0.600. The van der Waals surface area contributed by atoms with E-state index in [1.807, 2.05) is 0 Å². The van der Waals surface area contributed by atoms with Crippen molar-refractivity contribution in [3.05, 3.63) is 34.6 Å². The third-order valence-corrected chi connectivity index (χ3v) is 3.36. The highest BCUT2D eigenvalue weighted by Crippen LogP contribution is 2.34. The molecule has 1 unspecified atom stereocenters. The first-order valence-corrected chi connectivity index (χ1v) is 6.43. The maximum atomic E-state index is 13.3. The molecule has 1 rings (SSSR count). The summed E-state index contributed by atoms with van der Waals surface area (Å²) in [6.45, 7) is 9.36. The summed E-state index contributed by atoms with van der Waals surface area (Å²) in [6, 6.07) is 4.96. The van der Waals surface area contributed by atoms with Crippen LogP contribution < -0.4 is 5.32 Å². The van der Waals surface area contributed by atoms with Crippen molar-refractivity contribution >= 4 is 11.6 Å². The molecule has 0 aromatic heterocycles. The van der Waals surface area contributed by atoms with Gasteiger partial charge in [0.15, 0.2) is 0 Å². The van der Waals surface area contributed by atoms with Gasteiger partial charge < -0.3 is 5.32 Å². The van der Waals surface area contributed by atoms with Gasteiger partial charge in [-0.2, -0.15) is 0 Å². The van der Waals surface area contributed by atoms with Crippen molar-refractivity contribution in [2.75, 3.05) is 6.54 Å². The van der Waals surface area contributed by atoms with Gasteiger partial charge in [0.2, 0.25) is 0 Å². The van der Waals surface area contributed by atoms with Gasteiger partial charge in [-0.25, -0.2) is 4.39 Å². The molecule has 0 aliphatic rings. The number of hydrogen-bond acceptors (Lipinski definition) is 1. The number of benzene rings is 1. The number of nitrogens with one attached hydrogen (secondary N) is 1. The molecule has 0 saturated carbocycles. The van der Waals surface area contributed by atoms with Crippen molar-refractivity contribution in [2.24, 2.45) is 0 Å². The van der Waals surface area contributed by atoms with Crippen LogP contribution >= 0.6 is 11.6 Å². The van der Waals surface area contributed by atoms with E-state index in [4.69, 9.17) is 11.6 Å². The van der Waals surface area contributed by atoms with Crippen LogP contribution in [0.3, 0.4) is 0 Å². The minimum atomic E-state index is -0.228. The van der Waals surface area contributed by atoms with Crippen LogP contribution in [-0.2, 0) is 5.41 Å². The van der Waals surface area contributed by atoms with E-state index in [-0.39, 0.29) is 11.2 Å². The van der Waals surface area contributed by atoms with Crippen molar-refractivity contribution in [3.63, 3.8) is 0 Å². The molecule has 17 heavy (non-hydrogen) atoms. The SMILES string of the molecule is CCNC(C)CC(C)(C)c1cc(F)ccc1Cl. The molecule has 1 atom stereocenters. The van der Waals surface area contributed by atoms with E-state index in [2.05, 4.69) is 33.0 Å². The molecule has 0 aliphatic heterocycles. The Kier molecular flexibility index (Phi) is 4.96. The fraction of sp³-hybridized carbons (Fsp3) is 0.571. The molecule has 1 N–H and O–H groups in total. The minimum Gasteiger partial charge on any atom is -0.315 e. The molecular weight excluding hydrogens is 237 g/mol. The molecule has 1 nitrogen and oxygen atoms in total. The van der Waals surface area contributed by atoms with Gasteiger partial charge in [-0.1, -0.05) is 32.4 Å². The van der Waals surface area contributed by atoms with Crippen molar-refractivity contribution < 1.29 is 4.39 Å². The van der Waals surface area contributed by atoms with Gasteiger partial charge in [0.05, 0.1) is 0 Å². The summed E-state index contributed by atoms with van der Waals surface area (Å²) in [4.78, 5) is 0. The topological polar surface area (TPSA) is 12.0 Å². The quantitative estimate of drug-likeness (QED) is 0.836. The molecule has 1 aromatic carbocycles. The summed E-state index contributed by atoms with van der Waals surface area (Å²) in [5.41, 5.74) is 0.741. The predicted octanol–water partition coefficient (Wildman–Crippen LogP) is 4.14. The van der Waals surface area contributed by atoms with E-state index < -0.39 is 0 Å². The van der Waals surface area contributed by atoms with Gasteiger partial charge in [-0.05, 0) is 49.1 Å². The Labute approximate surface area is 108 Å². The zero-order valence-corrected chi connectivity index (χ0v) is 11.7. The van der Waals surface area contributed by atoms with Crippen LogP contribution in [0, 0.1) is 5.82 Å². The van der Waals surface area contributed by atoms with Crippen molar-refractivity contribution in [3.8, 4) is 0 Å². The summed E-state index contributed by atoms with van der Waals surface area (Å²) in [7, 11) is 0. The highest BCUT2D eigenvalue weighted by molar-refractivity contribution is 6.31. The van der Waals surface area contributed by atoms with E-state index in [1.165, 1.54) is 6.07 Å². The highest BCUT2D eigenvalue weighted by atomic mass is 35.5. The molecule has 0 radical (unpaired) electrons. The number of halogens is 2. The average Bonchev–Trinajstić information content (AvgIpc) is 2.21. The van der Waals surface area contributed by atoms with Crippen LogP contribution in [0.15, 0.2) is 18.2 Å². The van der Waals surface area contributed by atoms with Gasteiger partial charge in [0, 0.05) is 11.1 Å². The molecule has 96 valence electrons. The second-order valence-electron chi connectivity index (χ2n) is 5.17. The molecule has 1 aromatic rings. The van der Waals surface area contributed by atoms with Crippen LogP contribution in [0.1, 0.15) is 39.7 Å². The summed E-state index contributed by atoms with van der Waals surface area (Å²) in [5.74, 6) is -0.228. The Morgan fingerprint density at radius 1 is 1.41 bits per heavy atom. The standard InChI is InChI=1S/C14H21ClFN/c1-5-17-10(2)9-14(3,4)12-8-11(16)6-7-13(12)15/h6-8,10,17H,5,9H2,1-4H3. The lowest BCUT2D eigenvalue weighted by atomic mass is 9.79. The summed E-state index contributed by atoms with van der Waals surface area (Å²) < 4.78 is 13.3. The largest absolute Gasteiger partial charge is 0.315 e. The van der Waals surface area contributed by atoms with Gasteiger partial charge in [0.25, 0.3) is 0 Å². The maximum absolute atomic E-state index is 13.3. The fourth-order valence-electron chi connectivity index (χ4n) is 2.31. The van der Waals surface area contributed by atoms with E-state index in [1.54, 1.807) is 12.1 Å². The second-order valence-corrected chi connectivity index (χ2v) is 5.58. The number of rotatable bonds is 5. The maximum Gasteiger partial charge on any atom is 0.123 e. The van der Waals surface area contributed by atoms with Gasteiger partial charge in [0.1, 0.15) is 5.82 Å². The van der Waals surface area contributed by atoms with Crippen molar-refractivity contribution in [1.29, 1.82) is 0 Å². The van der Waals surface area contributed by atoms with E-state index >= 15 is 0 Å². The van der Waals surface area contributed by atoms with Crippen LogP contribution in [-0.4, -0.2) is 12.6 Å². The van der Waals surface area contributed by atoms with Crippen LogP contribution in [0.4, 0.5) is 4.39 Å². The van der Waals surface area contributed by atoms with E-state index in [9.17, 15) is 4.39 Å². The zero-order valence-electron chi connectivity index (χ0n) is 11.0. The molecule has 0 heterocycles. The Bertz CT molecular complexity index is 376. The average molecular weight is 258 g/mol. The Morgan fingerprint density at radius 2 is 2.06 bits per heavy atom. The first-order chi connectivity index (χ1) is 7.86. The lowest BCUT2D eigenvalue weighted by molar-refractivity contribution is 0.393. The highest BCUT2D eigenvalue weighted by Gasteiger charge is 2.25. The minimum absolute atomic E-state index is 0.138. The fourth-order valence-corrected chi connectivity index (χ4v) is 2.69. The molecule has 0 fully saturated rings. The second kappa shape index (κ2) is 5.83. The number of hydrogen-bond donors (Lipinski definition) is 1. The monoisotopic (exact) mass is 257 g/mol. The first-order valence-electron chi connectivity index (χ1n) is 6.05. The predicted molar refractivity (Wildman–Crippen MR) is 72.2 cm³/mol. The molecule has 3 heteroatoms. The smallest absolute Gasteiger partial charge is 0.123 e. The van der Waals surface area contributed by atoms with Crippen LogP contribution in [0.25, 0.3) is 0 Å². The summed E-state index contributed by atoms with van der Waals surface area (Å²) in [6.07, 6.45) is 0.921. The Balaban J connectivity index is 2.91. The molecule has 0 saturated heterocycles. The van der Waals surface area contributed by atoms with Crippen molar-refractivity contribution in [1.82, 2.24) is 5.32 Å². The normalized spacial score (nSPS) is 13.8. The Morgan fingerprint density at radius 3 is 2.65 bits per heavy atom. The van der Waals surface area contributed by atoms with E-state index in [0.717, 1.165) is 18.5 Å². The molecule has 0 spiro atoms. The van der Waals surface area contributed by atoms with Crippen LogP contribution in [0.2, 0.25) is 5.02 Å². The molecule has 0 amide bonds.